The van der Waals surface area contributed by atoms with Gasteiger partial charge in [0.25, 0.3) is 5.91 Å². The van der Waals surface area contributed by atoms with Crippen molar-refractivity contribution >= 4 is 17.4 Å². The fraction of sp³-hybridized carbons (Fsp3) is 0.750. The molecule has 3 rings (SSSR count). The molecule has 2 aliphatic rings. The van der Waals surface area contributed by atoms with Gasteiger partial charge in [-0.1, -0.05) is 17.8 Å². The van der Waals surface area contributed by atoms with Crippen molar-refractivity contribution in [3.8, 4) is 0 Å². The molecular formula is C12H17N3O2S. The van der Waals surface area contributed by atoms with E-state index in [2.05, 4.69) is 16.5 Å². The predicted octanol–water partition coefficient (Wildman–Crippen LogP) is 1.09. The van der Waals surface area contributed by atoms with Crippen molar-refractivity contribution in [1.82, 2.24) is 14.5 Å². The lowest BCUT2D eigenvalue weighted by molar-refractivity contribution is -0.0957. The number of aliphatic hydroxyl groups is 1. The van der Waals surface area contributed by atoms with E-state index in [1.165, 1.54) is 11.5 Å². The third kappa shape index (κ3) is 1.93. The molecule has 0 spiro atoms. The summed E-state index contributed by atoms with van der Waals surface area (Å²) in [6.07, 6.45) is 3.94. The van der Waals surface area contributed by atoms with Crippen LogP contribution in [0.4, 0.5) is 0 Å². The number of likely N-dealkylation sites (tertiary alicyclic amines) is 1. The molecule has 1 saturated carbocycles. The zero-order chi connectivity index (χ0) is 12.8. The maximum Gasteiger partial charge on any atom is 0.267 e. The minimum Gasteiger partial charge on any atom is -0.386 e. The third-order valence-corrected chi connectivity index (χ3v) is 4.55. The highest BCUT2D eigenvalue weighted by Crippen LogP contribution is 2.44. The summed E-state index contributed by atoms with van der Waals surface area (Å²) < 4.78 is 3.87. The summed E-state index contributed by atoms with van der Waals surface area (Å²) in [5.74, 6) is 0.398. The van der Waals surface area contributed by atoms with E-state index < -0.39 is 5.60 Å². The van der Waals surface area contributed by atoms with E-state index >= 15 is 0 Å². The van der Waals surface area contributed by atoms with Crippen LogP contribution in [0.1, 0.15) is 41.6 Å². The summed E-state index contributed by atoms with van der Waals surface area (Å²) in [5, 5.41) is 14.2. The van der Waals surface area contributed by atoms with Crippen molar-refractivity contribution in [2.45, 2.75) is 38.2 Å². The number of carbonyl (C=O) groups is 1. The van der Waals surface area contributed by atoms with Crippen LogP contribution in [0.2, 0.25) is 0 Å². The Labute approximate surface area is 110 Å². The average molecular weight is 267 g/mol. The number of nitrogens with zero attached hydrogens (tertiary/aromatic N) is 3. The van der Waals surface area contributed by atoms with Gasteiger partial charge in [-0.05, 0) is 36.7 Å². The number of β-amino-alcohol motifs (C(OH)–C–C–N with tert-alkyl or cyclic N) is 1. The highest BCUT2D eigenvalue weighted by molar-refractivity contribution is 7.08. The van der Waals surface area contributed by atoms with E-state index in [1.54, 1.807) is 4.90 Å². The number of aryl methyl sites for hydroxylation is 1. The van der Waals surface area contributed by atoms with Crippen molar-refractivity contribution in [3.05, 3.63) is 10.6 Å². The monoisotopic (exact) mass is 267 g/mol. The normalized spacial score (nSPS) is 21.8. The lowest BCUT2D eigenvalue weighted by Crippen LogP contribution is -2.64. The summed E-state index contributed by atoms with van der Waals surface area (Å²) in [4.78, 5) is 14.6. The topological polar surface area (TPSA) is 66.3 Å². The highest BCUT2D eigenvalue weighted by atomic mass is 32.1. The summed E-state index contributed by atoms with van der Waals surface area (Å²) in [6, 6.07) is 0. The number of hydrogen-bond donors (Lipinski definition) is 1. The third-order valence-electron chi connectivity index (χ3n) is 3.79. The van der Waals surface area contributed by atoms with Crippen molar-refractivity contribution in [1.29, 1.82) is 0 Å². The van der Waals surface area contributed by atoms with Crippen molar-refractivity contribution in [3.63, 3.8) is 0 Å². The molecule has 0 atom stereocenters. The van der Waals surface area contributed by atoms with E-state index in [0.717, 1.165) is 31.4 Å². The molecular weight excluding hydrogens is 250 g/mol. The molecule has 98 valence electrons. The standard InChI is InChI=1S/C12H17N3O2S/c1-2-3-9-10(18-14-13-9)11(16)15-6-12(17,7-15)8-4-5-8/h8,17H,2-7H2,1H3. The quantitative estimate of drug-likeness (QED) is 0.886. The molecule has 1 aliphatic carbocycles. The van der Waals surface area contributed by atoms with Gasteiger partial charge in [-0.25, -0.2) is 0 Å². The molecule has 18 heavy (non-hydrogen) atoms. The Morgan fingerprint density at radius 1 is 1.56 bits per heavy atom. The van der Waals surface area contributed by atoms with E-state index in [1.807, 2.05) is 0 Å². The van der Waals surface area contributed by atoms with Crippen LogP contribution in [-0.4, -0.2) is 44.2 Å². The van der Waals surface area contributed by atoms with E-state index in [4.69, 9.17) is 0 Å². The molecule has 1 saturated heterocycles. The zero-order valence-electron chi connectivity index (χ0n) is 10.4. The van der Waals surface area contributed by atoms with E-state index in [-0.39, 0.29) is 5.91 Å². The summed E-state index contributed by atoms with van der Waals surface area (Å²) in [5.41, 5.74) is 0.188. The molecule has 0 aromatic carbocycles. The van der Waals surface area contributed by atoms with E-state index in [0.29, 0.717) is 23.9 Å². The number of amides is 1. The van der Waals surface area contributed by atoms with Gasteiger partial charge in [-0.15, -0.1) is 5.10 Å². The molecule has 2 fully saturated rings. The number of hydrogen-bond acceptors (Lipinski definition) is 5. The van der Waals surface area contributed by atoms with Gasteiger partial charge < -0.3 is 10.0 Å². The Bertz CT molecular complexity index is 464. The predicted molar refractivity (Wildman–Crippen MR) is 67.5 cm³/mol. The molecule has 2 heterocycles. The number of aromatic nitrogens is 2. The zero-order valence-corrected chi connectivity index (χ0v) is 11.2. The largest absolute Gasteiger partial charge is 0.386 e. The van der Waals surface area contributed by atoms with Crippen molar-refractivity contribution in [2.75, 3.05) is 13.1 Å². The van der Waals surface area contributed by atoms with Gasteiger partial charge in [0.05, 0.1) is 18.8 Å². The summed E-state index contributed by atoms with van der Waals surface area (Å²) in [6.45, 7) is 3.00. The van der Waals surface area contributed by atoms with Crippen molar-refractivity contribution < 1.29 is 9.90 Å². The van der Waals surface area contributed by atoms with Crippen LogP contribution in [0.3, 0.4) is 0 Å². The molecule has 1 amide bonds. The average Bonchev–Trinajstić information content (AvgIpc) is 3.06. The smallest absolute Gasteiger partial charge is 0.267 e. The SMILES string of the molecule is CCCc1nnsc1C(=O)N1CC(O)(C2CC2)C1. The minimum atomic E-state index is -0.612. The Morgan fingerprint density at radius 3 is 2.89 bits per heavy atom. The number of rotatable bonds is 4. The summed E-state index contributed by atoms with van der Waals surface area (Å²) >= 11 is 1.17. The van der Waals surface area contributed by atoms with Crippen LogP contribution in [0, 0.1) is 5.92 Å². The first kappa shape index (κ1) is 12.0. The second kappa shape index (κ2) is 4.28. The van der Waals surface area contributed by atoms with Crippen LogP contribution in [0.25, 0.3) is 0 Å². The van der Waals surface area contributed by atoms with Gasteiger partial charge in [-0.3, -0.25) is 4.79 Å². The Morgan fingerprint density at radius 2 is 2.28 bits per heavy atom. The van der Waals surface area contributed by atoms with Gasteiger partial charge in [-0.2, -0.15) is 0 Å². The Kier molecular flexibility index (Phi) is 2.86. The van der Waals surface area contributed by atoms with E-state index in [9.17, 15) is 9.90 Å². The Balaban J connectivity index is 1.67. The van der Waals surface area contributed by atoms with Gasteiger partial charge in [0.15, 0.2) is 0 Å². The van der Waals surface area contributed by atoms with Crippen molar-refractivity contribution in [2.24, 2.45) is 5.92 Å². The second-order valence-electron chi connectivity index (χ2n) is 5.34. The molecule has 1 aromatic heterocycles. The first-order valence-electron chi connectivity index (χ1n) is 6.47. The minimum absolute atomic E-state index is 0.0150. The number of carbonyl (C=O) groups excluding carboxylic acids is 1. The van der Waals surface area contributed by atoms with Crippen LogP contribution in [0.5, 0.6) is 0 Å². The van der Waals surface area contributed by atoms with Crippen LogP contribution in [0.15, 0.2) is 0 Å². The van der Waals surface area contributed by atoms with Gasteiger partial charge >= 0.3 is 0 Å². The fourth-order valence-electron chi connectivity index (χ4n) is 2.55. The highest BCUT2D eigenvalue weighted by Gasteiger charge is 2.53. The molecule has 1 aliphatic heterocycles. The Hall–Kier alpha value is -1.01. The molecule has 1 N–H and O–H groups in total. The van der Waals surface area contributed by atoms with Gasteiger partial charge in [0, 0.05) is 0 Å². The first-order chi connectivity index (χ1) is 8.64. The lowest BCUT2D eigenvalue weighted by atomic mass is 9.88. The first-order valence-corrected chi connectivity index (χ1v) is 7.24. The maximum absolute atomic E-state index is 12.3. The summed E-state index contributed by atoms with van der Waals surface area (Å²) in [7, 11) is 0. The molecule has 6 heteroatoms. The van der Waals surface area contributed by atoms with Crippen LogP contribution in [-0.2, 0) is 6.42 Å². The van der Waals surface area contributed by atoms with Gasteiger partial charge in [0.1, 0.15) is 10.5 Å². The molecule has 5 nitrogen and oxygen atoms in total. The van der Waals surface area contributed by atoms with Crippen LogP contribution >= 0.6 is 11.5 Å². The molecule has 0 radical (unpaired) electrons. The molecule has 0 unspecified atom stereocenters. The fourth-order valence-corrected chi connectivity index (χ4v) is 3.23. The second-order valence-corrected chi connectivity index (χ2v) is 6.09. The van der Waals surface area contributed by atoms with Crippen LogP contribution < -0.4 is 0 Å². The maximum atomic E-state index is 12.3. The molecule has 0 bridgehead atoms. The van der Waals surface area contributed by atoms with Gasteiger partial charge in [0.2, 0.25) is 0 Å². The molecule has 1 aromatic rings. The lowest BCUT2D eigenvalue weighted by Gasteiger charge is -2.46.